The molecule has 55 heavy (non-hydrogen) atoms. The SMILES string of the molecule is Bc1ccc2c(c1)c1cc(-c3cc(B4OC(C)(C)C(C)(C)O4)cc(-c4ccc5c(c4)c4cc(B)ccc4n5-c4ccccc4)c3)ccc1n2-c1ccccc1. The van der Waals surface area contributed by atoms with Crippen LogP contribution in [-0.2, 0) is 9.31 Å². The van der Waals surface area contributed by atoms with Gasteiger partial charge in [0.1, 0.15) is 15.7 Å². The third-order valence-corrected chi connectivity index (χ3v) is 12.0. The Balaban J connectivity index is 1.19. The number of aromatic nitrogens is 2. The normalized spacial score (nSPS) is 15.2. The smallest absolute Gasteiger partial charge is 0.399 e. The average Bonchev–Trinajstić information content (AvgIpc) is 3.77. The third kappa shape index (κ3) is 5.48. The van der Waals surface area contributed by atoms with Crippen LogP contribution in [0.3, 0.4) is 0 Å². The lowest BCUT2D eigenvalue weighted by atomic mass is 9.76. The molecule has 264 valence electrons. The summed E-state index contributed by atoms with van der Waals surface area (Å²) in [6.45, 7) is 8.48. The molecule has 10 rings (SSSR count). The van der Waals surface area contributed by atoms with E-state index >= 15 is 0 Å². The summed E-state index contributed by atoms with van der Waals surface area (Å²) in [6.07, 6.45) is 0. The predicted octanol–water partition coefficient (Wildman–Crippen LogP) is 8.03. The zero-order valence-electron chi connectivity index (χ0n) is 32.2. The maximum Gasteiger partial charge on any atom is 0.494 e. The number of rotatable bonds is 5. The van der Waals surface area contributed by atoms with E-state index in [2.05, 4.69) is 204 Å². The van der Waals surface area contributed by atoms with Crippen molar-refractivity contribution in [2.24, 2.45) is 0 Å². The standard InChI is InChI=1S/C48H41B3N2O2/c1-47(2)48(3,4)55-51(54-47)36-24-32(30-15-19-43-39(26-30)41-28-34(49)17-21-45(41)52(43)37-11-7-5-8-12-37)23-33(25-36)31-16-20-44-40(27-31)42-29-35(50)18-22-46(42)53(44)38-13-9-6-10-14-38/h5-29H,49-50H2,1-4H3. The lowest BCUT2D eigenvalue weighted by Crippen LogP contribution is -2.41. The minimum atomic E-state index is -0.499. The van der Waals surface area contributed by atoms with Crippen molar-refractivity contribution in [3.8, 4) is 33.6 Å². The Hall–Kier alpha value is -5.75. The Kier molecular flexibility index (Phi) is 7.61. The fourth-order valence-electron chi connectivity index (χ4n) is 8.44. The molecule has 2 aromatic heterocycles. The first-order valence-electron chi connectivity index (χ1n) is 19.3. The van der Waals surface area contributed by atoms with Crippen molar-refractivity contribution in [1.29, 1.82) is 0 Å². The average molecular weight is 710 g/mol. The van der Waals surface area contributed by atoms with Gasteiger partial charge in [-0.25, -0.2) is 0 Å². The van der Waals surface area contributed by atoms with Gasteiger partial charge in [-0.05, 0) is 122 Å². The van der Waals surface area contributed by atoms with Crippen LogP contribution in [-0.4, -0.2) is 43.1 Å². The Morgan fingerprint density at radius 2 is 0.800 bits per heavy atom. The number of hydrogen-bond donors (Lipinski definition) is 0. The van der Waals surface area contributed by atoms with Crippen LogP contribution in [0.4, 0.5) is 0 Å². The molecule has 0 aliphatic carbocycles. The van der Waals surface area contributed by atoms with Crippen LogP contribution in [0, 0.1) is 0 Å². The van der Waals surface area contributed by atoms with Crippen molar-refractivity contribution in [2.75, 3.05) is 0 Å². The molecule has 0 atom stereocenters. The molecule has 1 aliphatic rings. The van der Waals surface area contributed by atoms with Crippen LogP contribution >= 0.6 is 0 Å². The summed E-state index contributed by atoms with van der Waals surface area (Å²) < 4.78 is 18.1. The summed E-state index contributed by atoms with van der Waals surface area (Å²) >= 11 is 0. The van der Waals surface area contributed by atoms with Crippen molar-refractivity contribution in [3.05, 3.63) is 152 Å². The van der Waals surface area contributed by atoms with Crippen LogP contribution in [0.25, 0.3) is 77.2 Å². The number of hydrogen-bond acceptors (Lipinski definition) is 2. The molecule has 9 aromatic rings. The quantitative estimate of drug-likeness (QED) is 0.169. The summed E-state index contributed by atoms with van der Waals surface area (Å²) in [6, 6.07) is 55.5. The van der Waals surface area contributed by atoms with Gasteiger partial charge in [-0.2, -0.15) is 0 Å². The molecular formula is C48H41B3N2O2. The molecule has 0 spiro atoms. The molecule has 0 unspecified atom stereocenters. The Bertz CT molecular complexity index is 2770. The monoisotopic (exact) mass is 710 g/mol. The molecule has 3 heterocycles. The maximum atomic E-state index is 6.69. The highest BCUT2D eigenvalue weighted by Gasteiger charge is 2.51. The van der Waals surface area contributed by atoms with E-state index in [-0.39, 0.29) is 0 Å². The van der Waals surface area contributed by atoms with E-state index in [4.69, 9.17) is 9.31 Å². The topological polar surface area (TPSA) is 28.3 Å². The van der Waals surface area contributed by atoms with E-state index in [0.717, 1.165) is 39.1 Å². The van der Waals surface area contributed by atoms with Gasteiger partial charge in [-0.3, -0.25) is 0 Å². The maximum absolute atomic E-state index is 6.69. The van der Waals surface area contributed by atoms with E-state index in [1.54, 1.807) is 0 Å². The van der Waals surface area contributed by atoms with Gasteiger partial charge in [0.05, 0.1) is 33.3 Å². The molecule has 0 saturated carbocycles. The minimum Gasteiger partial charge on any atom is -0.399 e. The fourth-order valence-corrected chi connectivity index (χ4v) is 8.44. The number of benzene rings is 7. The van der Waals surface area contributed by atoms with Crippen molar-refractivity contribution < 1.29 is 9.31 Å². The van der Waals surface area contributed by atoms with Crippen LogP contribution in [0.15, 0.2) is 152 Å². The predicted molar refractivity (Wildman–Crippen MR) is 238 cm³/mol. The van der Waals surface area contributed by atoms with Crippen molar-refractivity contribution in [2.45, 2.75) is 38.9 Å². The number of nitrogens with zero attached hydrogens (tertiary/aromatic N) is 2. The van der Waals surface area contributed by atoms with Gasteiger partial charge in [0, 0.05) is 32.9 Å². The van der Waals surface area contributed by atoms with Crippen LogP contribution in [0.2, 0.25) is 0 Å². The molecule has 7 aromatic carbocycles. The highest BCUT2D eigenvalue weighted by molar-refractivity contribution is 6.62. The summed E-state index contributed by atoms with van der Waals surface area (Å²) in [4.78, 5) is 0. The summed E-state index contributed by atoms with van der Waals surface area (Å²) in [7, 11) is 3.84. The van der Waals surface area contributed by atoms with Gasteiger partial charge in [0.15, 0.2) is 0 Å². The Labute approximate surface area is 324 Å². The first-order chi connectivity index (χ1) is 26.5. The lowest BCUT2D eigenvalue weighted by molar-refractivity contribution is 0.00578. The van der Waals surface area contributed by atoms with Crippen LogP contribution in [0.5, 0.6) is 0 Å². The molecule has 4 nitrogen and oxygen atoms in total. The summed E-state index contributed by atoms with van der Waals surface area (Å²) in [5, 5.41) is 4.96. The highest BCUT2D eigenvalue weighted by atomic mass is 16.7. The van der Waals surface area contributed by atoms with Gasteiger partial charge in [0.2, 0.25) is 0 Å². The van der Waals surface area contributed by atoms with Crippen molar-refractivity contribution >= 4 is 82.8 Å². The van der Waals surface area contributed by atoms with E-state index in [9.17, 15) is 0 Å². The molecule has 0 bridgehead atoms. The zero-order chi connectivity index (χ0) is 37.6. The van der Waals surface area contributed by atoms with Crippen LogP contribution < -0.4 is 16.4 Å². The Morgan fingerprint density at radius 3 is 1.22 bits per heavy atom. The van der Waals surface area contributed by atoms with E-state index in [1.165, 1.54) is 54.5 Å². The van der Waals surface area contributed by atoms with Crippen molar-refractivity contribution in [1.82, 2.24) is 9.13 Å². The van der Waals surface area contributed by atoms with Crippen molar-refractivity contribution in [3.63, 3.8) is 0 Å². The Morgan fingerprint density at radius 1 is 0.418 bits per heavy atom. The minimum absolute atomic E-state index is 0.458. The van der Waals surface area contributed by atoms with E-state index in [1.807, 2.05) is 0 Å². The van der Waals surface area contributed by atoms with Gasteiger partial charge < -0.3 is 18.4 Å². The van der Waals surface area contributed by atoms with Gasteiger partial charge in [-0.15, -0.1) is 0 Å². The fraction of sp³-hybridized carbons (Fsp3) is 0.125. The second kappa shape index (κ2) is 12.4. The zero-order valence-corrected chi connectivity index (χ0v) is 32.2. The third-order valence-electron chi connectivity index (χ3n) is 12.0. The second-order valence-electron chi connectivity index (χ2n) is 16.3. The van der Waals surface area contributed by atoms with E-state index in [0.29, 0.717) is 0 Å². The lowest BCUT2D eigenvalue weighted by Gasteiger charge is -2.32. The summed E-state index contributed by atoms with van der Waals surface area (Å²) in [5.74, 6) is 0. The summed E-state index contributed by atoms with van der Waals surface area (Å²) in [5.41, 5.74) is 14.2. The van der Waals surface area contributed by atoms with Crippen LogP contribution in [0.1, 0.15) is 27.7 Å². The molecule has 1 aliphatic heterocycles. The molecule has 1 saturated heterocycles. The number of para-hydroxylation sites is 2. The molecule has 1 fully saturated rings. The number of fused-ring (bicyclic) bond motifs is 6. The molecular weight excluding hydrogens is 669 g/mol. The molecule has 7 heteroatoms. The van der Waals surface area contributed by atoms with Gasteiger partial charge >= 0.3 is 7.12 Å². The van der Waals surface area contributed by atoms with Gasteiger partial charge in [0.25, 0.3) is 0 Å². The highest BCUT2D eigenvalue weighted by Crippen LogP contribution is 2.40. The molecule has 0 radical (unpaired) electrons. The second-order valence-corrected chi connectivity index (χ2v) is 16.3. The van der Waals surface area contributed by atoms with E-state index < -0.39 is 18.3 Å². The van der Waals surface area contributed by atoms with Gasteiger partial charge in [-0.1, -0.05) is 95.9 Å². The first kappa shape index (κ1) is 33.8. The largest absolute Gasteiger partial charge is 0.494 e. The molecule has 0 amide bonds. The first-order valence-corrected chi connectivity index (χ1v) is 19.3. The molecule has 0 N–H and O–H groups in total.